The van der Waals surface area contributed by atoms with Crippen molar-refractivity contribution < 1.29 is 36.1 Å². The van der Waals surface area contributed by atoms with E-state index in [9.17, 15) is 36.1 Å². The number of sulfonamides is 1. The third-order valence-corrected chi connectivity index (χ3v) is 10.2. The summed E-state index contributed by atoms with van der Waals surface area (Å²) in [6.07, 6.45) is 5.03. The number of hydrogen-bond acceptors (Lipinski definition) is 8. The van der Waals surface area contributed by atoms with E-state index in [0.717, 1.165) is 43.4 Å². The minimum absolute atomic E-state index is 0.0334. The zero-order valence-electron chi connectivity index (χ0n) is 18.6. The zero-order chi connectivity index (χ0) is 24.9. The number of aliphatic hydroxyl groups is 1. The molecule has 1 saturated heterocycles. The van der Waals surface area contributed by atoms with Gasteiger partial charge in [0, 0.05) is 12.5 Å². The Morgan fingerprint density at radius 1 is 1.15 bits per heavy atom. The fourth-order valence-corrected chi connectivity index (χ4v) is 7.35. The maximum atomic E-state index is 13.2. The van der Waals surface area contributed by atoms with Gasteiger partial charge in [-0.1, -0.05) is 38.2 Å². The van der Waals surface area contributed by atoms with Gasteiger partial charge in [-0.15, -0.1) is 11.3 Å². The van der Waals surface area contributed by atoms with Crippen molar-refractivity contribution >= 4 is 43.3 Å². The molecule has 1 aliphatic carbocycles. The number of hydrogen-bond donors (Lipinski definition) is 5. The van der Waals surface area contributed by atoms with Crippen LogP contribution in [0.3, 0.4) is 0 Å². The first-order chi connectivity index (χ1) is 16.0. The fraction of sp³-hybridized carbons (Fsp3) is 0.700. The second-order valence-corrected chi connectivity index (χ2v) is 13.3. The average Bonchev–Trinajstić information content (AvgIpc) is 3.45. The van der Waals surface area contributed by atoms with E-state index in [2.05, 4.69) is 15.4 Å². The van der Waals surface area contributed by atoms with Gasteiger partial charge in [0.25, 0.3) is 20.1 Å². The average molecular weight is 538 g/mol. The van der Waals surface area contributed by atoms with Crippen LogP contribution in [-0.4, -0.2) is 62.4 Å². The van der Waals surface area contributed by atoms with Gasteiger partial charge in [-0.2, -0.15) is 13.1 Å². The second-order valence-electron chi connectivity index (χ2n) is 8.88. The highest BCUT2D eigenvalue weighted by Crippen LogP contribution is 2.28. The van der Waals surface area contributed by atoms with E-state index < -0.39 is 49.5 Å². The van der Waals surface area contributed by atoms with Crippen molar-refractivity contribution in [3.63, 3.8) is 0 Å². The van der Waals surface area contributed by atoms with Crippen LogP contribution in [0.4, 0.5) is 0 Å². The highest BCUT2D eigenvalue weighted by atomic mass is 32.2. The minimum Gasteiger partial charge on any atom is -0.374 e. The normalized spacial score (nSPS) is 22.6. The molecule has 0 bridgehead atoms. The SMILES string of the molecule is O=C1NCC[C@H]1C[C@H](NC(=O)[C@H](CC1CCCCC1)NS(=O)(=O)c1cccs1)C(O)S(=O)(=O)O. The summed E-state index contributed by atoms with van der Waals surface area (Å²) >= 11 is 0.994. The molecule has 1 aromatic rings. The van der Waals surface area contributed by atoms with Gasteiger partial charge in [0.15, 0.2) is 0 Å². The topological polar surface area (TPSA) is 179 Å². The first-order valence-electron chi connectivity index (χ1n) is 11.3. The highest BCUT2D eigenvalue weighted by molar-refractivity contribution is 7.91. The van der Waals surface area contributed by atoms with Crippen LogP contribution < -0.4 is 15.4 Å². The predicted molar refractivity (Wildman–Crippen MR) is 125 cm³/mol. The quantitative estimate of drug-likeness (QED) is 0.254. The molecule has 1 aliphatic heterocycles. The fourth-order valence-electron chi connectivity index (χ4n) is 4.54. The van der Waals surface area contributed by atoms with E-state index >= 15 is 0 Å². The maximum absolute atomic E-state index is 13.2. The lowest BCUT2D eigenvalue weighted by molar-refractivity contribution is -0.126. The highest BCUT2D eigenvalue weighted by Gasteiger charge is 2.38. The summed E-state index contributed by atoms with van der Waals surface area (Å²) in [6.45, 7) is 0.372. The molecule has 4 atom stereocenters. The molecule has 1 saturated carbocycles. The van der Waals surface area contributed by atoms with Crippen LogP contribution in [-0.2, 0) is 29.7 Å². The molecular weight excluding hydrogens is 506 g/mol. The van der Waals surface area contributed by atoms with Gasteiger partial charge >= 0.3 is 0 Å². The molecule has 0 radical (unpaired) electrons. The maximum Gasteiger partial charge on any atom is 0.294 e. The van der Waals surface area contributed by atoms with Crippen LogP contribution in [0, 0.1) is 11.8 Å². The van der Waals surface area contributed by atoms with E-state index in [0.29, 0.717) is 13.0 Å². The summed E-state index contributed by atoms with van der Waals surface area (Å²) in [6, 6.07) is 0.257. The Hall–Kier alpha value is -1.58. The number of rotatable bonds is 11. The van der Waals surface area contributed by atoms with Crippen molar-refractivity contribution in [3.05, 3.63) is 17.5 Å². The van der Waals surface area contributed by atoms with Crippen LogP contribution in [0.2, 0.25) is 0 Å². The standard InChI is InChI=1S/C20H31N3O8S3/c24-18-14(8-9-21-18)12-16(20(26)34(29,30)31)22-19(25)15(11-13-5-2-1-3-6-13)23-33(27,28)17-7-4-10-32-17/h4,7,10,13-16,20,23,26H,1-3,5-6,8-9,11-12H2,(H,21,24)(H,22,25)(H,29,30,31)/t14-,15-,16-,20?/m0/s1. The van der Waals surface area contributed by atoms with Crippen LogP contribution in [0.25, 0.3) is 0 Å². The molecule has 5 N–H and O–H groups in total. The number of thiophene rings is 1. The summed E-state index contributed by atoms with van der Waals surface area (Å²) in [5.41, 5.74) is -2.37. The zero-order valence-corrected chi connectivity index (χ0v) is 21.0. The van der Waals surface area contributed by atoms with Crippen molar-refractivity contribution in [2.24, 2.45) is 11.8 Å². The molecule has 1 aromatic heterocycles. The number of nitrogens with one attached hydrogen (secondary N) is 3. The molecule has 192 valence electrons. The van der Waals surface area contributed by atoms with Crippen molar-refractivity contribution in [1.82, 2.24) is 15.4 Å². The molecule has 1 unspecified atom stereocenters. The summed E-state index contributed by atoms with van der Waals surface area (Å²) in [4.78, 5) is 25.2. The lowest BCUT2D eigenvalue weighted by Crippen LogP contribution is -2.55. The van der Waals surface area contributed by atoms with Gasteiger partial charge in [-0.05, 0) is 36.6 Å². The van der Waals surface area contributed by atoms with Crippen molar-refractivity contribution in [1.29, 1.82) is 0 Å². The molecule has 2 amide bonds. The second kappa shape index (κ2) is 11.4. The molecule has 14 heteroatoms. The van der Waals surface area contributed by atoms with Gasteiger partial charge in [0.1, 0.15) is 10.3 Å². The lowest BCUT2D eigenvalue weighted by atomic mass is 9.85. The molecule has 34 heavy (non-hydrogen) atoms. The smallest absolute Gasteiger partial charge is 0.294 e. The Morgan fingerprint density at radius 3 is 2.41 bits per heavy atom. The third-order valence-electron chi connectivity index (χ3n) is 6.35. The molecule has 2 aliphatic rings. The van der Waals surface area contributed by atoms with Crippen LogP contribution in [0.5, 0.6) is 0 Å². The molecule has 3 rings (SSSR count). The molecule has 11 nitrogen and oxygen atoms in total. The summed E-state index contributed by atoms with van der Waals surface area (Å²) < 4.78 is 60.8. The monoisotopic (exact) mass is 537 g/mol. The number of aliphatic hydroxyl groups excluding tert-OH is 1. The number of carbonyl (C=O) groups excluding carboxylic acids is 2. The number of carbonyl (C=O) groups is 2. The number of amides is 2. The van der Waals surface area contributed by atoms with E-state index in [1.807, 2.05) is 0 Å². The van der Waals surface area contributed by atoms with Crippen molar-refractivity contribution in [3.8, 4) is 0 Å². The Labute approximate surface area is 203 Å². The van der Waals surface area contributed by atoms with Gasteiger partial charge in [0.05, 0.1) is 6.04 Å². The third kappa shape index (κ3) is 7.21. The molecule has 2 fully saturated rings. The van der Waals surface area contributed by atoms with E-state index in [4.69, 9.17) is 0 Å². The predicted octanol–water partition coefficient (Wildman–Crippen LogP) is 0.583. The Morgan fingerprint density at radius 2 is 1.85 bits per heavy atom. The molecular formula is C20H31N3O8S3. The van der Waals surface area contributed by atoms with Gasteiger partial charge in [0.2, 0.25) is 17.3 Å². The minimum atomic E-state index is -4.96. The van der Waals surface area contributed by atoms with Crippen LogP contribution in [0.1, 0.15) is 51.4 Å². The summed E-state index contributed by atoms with van der Waals surface area (Å²) in [7, 11) is -8.97. The summed E-state index contributed by atoms with van der Waals surface area (Å²) in [5.74, 6) is -1.74. The van der Waals surface area contributed by atoms with E-state index in [1.54, 1.807) is 11.4 Å². The van der Waals surface area contributed by atoms with Crippen LogP contribution >= 0.6 is 11.3 Å². The molecule has 2 heterocycles. The Kier molecular flexibility index (Phi) is 9.09. The Bertz CT molecular complexity index is 1050. The first kappa shape index (κ1) is 27.0. The van der Waals surface area contributed by atoms with E-state index in [1.165, 1.54) is 6.07 Å². The van der Waals surface area contributed by atoms with Gasteiger partial charge < -0.3 is 15.7 Å². The van der Waals surface area contributed by atoms with Gasteiger partial charge in [-0.25, -0.2) is 8.42 Å². The summed E-state index contributed by atoms with van der Waals surface area (Å²) in [5, 5.41) is 16.8. The van der Waals surface area contributed by atoms with E-state index in [-0.39, 0.29) is 28.9 Å². The van der Waals surface area contributed by atoms with Crippen molar-refractivity contribution in [2.45, 2.75) is 73.1 Å². The Balaban J connectivity index is 1.81. The largest absolute Gasteiger partial charge is 0.374 e. The van der Waals surface area contributed by atoms with Crippen LogP contribution in [0.15, 0.2) is 21.7 Å². The molecule has 0 aromatic carbocycles. The van der Waals surface area contributed by atoms with Gasteiger partial charge in [-0.3, -0.25) is 14.1 Å². The van der Waals surface area contributed by atoms with Crippen molar-refractivity contribution in [2.75, 3.05) is 6.54 Å². The first-order valence-corrected chi connectivity index (χ1v) is 15.1. The molecule has 0 spiro atoms. The lowest BCUT2D eigenvalue weighted by Gasteiger charge is -2.29.